The fraction of sp³-hybridized carbons (Fsp3) is 0.316. The third-order valence-corrected chi connectivity index (χ3v) is 5.43. The number of fused-ring (bicyclic) bond motifs is 2. The number of benzene rings is 2. The second-order valence-electron chi connectivity index (χ2n) is 6.01. The maximum absolute atomic E-state index is 12.5. The molecule has 0 spiro atoms. The van der Waals surface area contributed by atoms with Gasteiger partial charge < -0.3 is 4.74 Å². The fourth-order valence-corrected chi connectivity index (χ4v) is 4.05. The van der Waals surface area contributed by atoms with Gasteiger partial charge in [-0.3, -0.25) is 9.69 Å². The first kappa shape index (κ1) is 14.8. The molecule has 2 aliphatic rings. The first-order valence-electron chi connectivity index (χ1n) is 8.01. The molecule has 23 heavy (non-hydrogen) atoms. The van der Waals surface area contributed by atoms with Crippen molar-refractivity contribution in [1.29, 1.82) is 0 Å². The van der Waals surface area contributed by atoms with Crippen LogP contribution in [0.5, 0.6) is 5.75 Å². The Bertz CT molecular complexity index is 719. The van der Waals surface area contributed by atoms with E-state index in [0.29, 0.717) is 6.42 Å². The first-order valence-corrected chi connectivity index (χ1v) is 9.00. The Balaban J connectivity index is 1.38. The molecule has 0 N–H and O–H groups in total. The molecule has 3 nitrogen and oxygen atoms in total. The Labute approximate surface area is 140 Å². The van der Waals surface area contributed by atoms with E-state index in [9.17, 15) is 4.79 Å². The minimum Gasteiger partial charge on any atom is -0.492 e. The van der Waals surface area contributed by atoms with Crippen molar-refractivity contribution in [2.45, 2.75) is 24.4 Å². The number of Topliss-reactive ketones (excluding diaryl/α,β-unsaturated/α-hetero) is 1. The molecular weight excluding hydrogens is 306 g/mol. The molecule has 0 saturated heterocycles. The molecule has 0 fully saturated rings. The standard InChI is InChI=1S/C19H19NO2S/c21-17(14-5-6-18-19(11-14)23-10-9-22-18)7-8-20-12-15-3-1-2-4-16(15)13-20/h1-6,11H,7-10,12-13H2. The quantitative estimate of drug-likeness (QED) is 0.801. The summed E-state index contributed by atoms with van der Waals surface area (Å²) < 4.78 is 5.59. The van der Waals surface area contributed by atoms with Crippen molar-refractivity contribution in [1.82, 2.24) is 4.90 Å². The van der Waals surface area contributed by atoms with Crippen LogP contribution in [0.4, 0.5) is 0 Å². The van der Waals surface area contributed by atoms with Crippen molar-refractivity contribution in [3.05, 3.63) is 59.2 Å². The van der Waals surface area contributed by atoms with E-state index in [2.05, 4.69) is 29.2 Å². The highest BCUT2D eigenvalue weighted by molar-refractivity contribution is 7.99. The number of ether oxygens (including phenoxy) is 1. The Hall–Kier alpha value is -1.78. The SMILES string of the molecule is O=C(CCN1Cc2ccccc2C1)c1ccc2c(c1)SCCO2. The van der Waals surface area contributed by atoms with E-state index in [4.69, 9.17) is 4.74 Å². The van der Waals surface area contributed by atoms with Crippen LogP contribution < -0.4 is 4.74 Å². The second-order valence-corrected chi connectivity index (χ2v) is 7.15. The summed E-state index contributed by atoms with van der Waals surface area (Å²) in [6.45, 7) is 3.48. The van der Waals surface area contributed by atoms with Gasteiger partial charge in [-0.05, 0) is 29.3 Å². The average molecular weight is 325 g/mol. The number of rotatable bonds is 4. The van der Waals surface area contributed by atoms with Crippen LogP contribution in [-0.4, -0.2) is 29.6 Å². The van der Waals surface area contributed by atoms with E-state index in [1.807, 2.05) is 18.2 Å². The van der Waals surface area contributed by atoms with Crippen LogP contribution in [0.2, 0.25) is 0 Å². The van der Waals surface area contributed by atoms with Gasteiger partial charge in [0.15, 0.2) is 5.78 Å². The largest absolute Gasteiger partial charge is 0.492 e. The van der Waals surface area contributed by atoms with Crippen LogP contribution in [0, 0.1) is 0 Å². The van der Waals surface area contributed by atoms with Crippen LogP contribution >= 0.6 is 11.8 Å². The molecule has 2 aromatic rings. The average Bonchev–Trinajstić information content (AvgIpc) is 3.02. The van der Waals surface area contributed by atoms with Crippen molar-refractivity contribution in [2.24, 2.45) is 0 Å². The van der Waals surface area contributed by atoms with Gasteiger partial charge in [0.2, 0.25) is 0 Å². The van der Waals surface area contributed by atoms with Gasteiger partial charge in [-0.1, -0.05) is 24.3 Å². The molecule has 2 heterocycles. The lowest BCUT2D eigenvalue weighted by atomic mass is 10.1. The topological polar surface area (TPSA) is 29.5 Å². The van der Waals surface area contributed by atoms with Crippen LogP contribution in [0.15, 0.2) is 47.4 Å². The summed E-state index contributed by atoms with van der Waals surface area (Å²) in [5.74, 6) is 2.08. The lowest BCUT2D eigenvalue weighted by Gasteiger charge is -2.17. The maximum Gasteiger partial charge on any atom is 0.164 e. The zero-order valence-electron chi connectivity index (χ0n) is 13.0. The van der Waals surface area contributed by atoms with Gasteiger partial charge in [-0.2, -0.15) is 0 Å². The van der Waals surface area contributed by atoms with Gasteiger partial charge in [0, 0.05) is 37.4 Å². The molecule has 4 rings (SSSR count). The van der Waals surface area contributed by atoms with Crippen molar-refractivity contribution in [2.75, 3.05) is 18.9 Å². The number of hydrogen-bond acceptors (Lipinski definition) is 4. The Morgan fingerprint density at radius 1 is 1.13 bits per heavy atom. The van der Waals surface area contributed by atoms with Gasteiger partial charge in [0.25, 0.3) is 0 Å². The van der Waals surface area contributed by atoms with E-state index in [0.717, 1.165) is 48.2 Å². The van der Waals surface area contributed by atoms with Gasteiger partial charge in [-0.25, -0.2) is 0 Å². The molecule has 0 saturated carbocycles. The minimum atomic E-state index is 0.218. The highest BCUT2D eigenvalue weighted by Crippen LogP contribution is 2.34. The molecule has 0 aromatic heterocycles. The number of carbonyl (C=O) groups is 1. The van der Waals surface area contributed by atoms with E-state index < -0.39 is 0 Å². The monoisotopic (exact) mass is 325 g/mol. The van der Waals surface area contributed by atoms with E-state index >= 15 is 0 Å². The minimum absolute atomic E-state index is 0.218. The second kappa shape index (κ2) is 6.38. The summed E-state index contributed by atoms with van der Waals surface area (Å²) in [6.07, 6.45) is 0.568. The molecule has 2 aliphatic heterocycles. The zero-order valence-corrected chi connectivity index (χ0v) is 13.8. The molecule has 0 aliphatic carbocycles. The van der Waals surface area contributed by atoms with Crippen LogP contribution in [0.3, 0.4) is 0 Å². The summed E-state index contributed by atoms with van der Waals surface area (Å²) >= 11 is 1.77. The lowest BCUT2D eigenvalue weighted by Crippen LogP contribution is -2.20. The van der Waals surface area contributed by atoms with Gasteiger partial charge >= 0.3 is 0 Å². The van der Waals surface area contributed by atoms with E-state index in [1.54, 1.807) is 11.8 Å². The fourth-order valence-electron chi connectivity index (χ4n) is 3.18. The Morgan fingerprint density at radius 3 is 2.70 bits per heavy atom. The molecule has 118 valence electrons. The van der Waals surface area contributed by atoms with Crippen LogP contribution in [0.25, 0.3) is 0 Å². The zero-order chi connectivity index (χ0) is 15.6. The van der Waals surface area contributed by atoms with Crippen molar-refractivity contribution < 1.29 is 9.53 Å². The van der Waals surface area contributed by atoms with Crippen LogP contribution in [-0.2, 0) is 13.1 Å². The highest BCUT2D eigenvalue weighted by Gasteiger charge is 2.20. The number of nitrogens with zero attached hydrogens (tertiary/aromatic N) is 1. The maximum atomic E-state index is 12.5. The summed E-state index contributed by atoms with van der Waals surface area (Å²) in [5, 5.41) is 0. The first-order chi connectivity index (χ1) is 11.3. The van der Waals surface area contributed by atoms with Crippen LogP contribution in [0.1, 0.15) is 27.9 Å². The molecule has 0 radical (unpaired) electrons. The lowest BCUT2D eigenvalue weighted by molar-refractivity contribution is 0.0963. The van der Waals surface area contributed by atoms with Gasteiger partial charge in [-0.15, -0.1) is 11.8 Å². The third kappa shape index (κ3) is 3.14. The molecule has 2 aromatic carbocycles. The number of ketones is 1. The predicted octanol–water partition coefficient (Wildman–Crippen LogP) is 3.76. The molecule has 0 atom stereocenters. The summed E-state index contributed by atoms with van der Waals surface area (Å²) in [5.41, 5.74) is 3.59. The van der Waals surface area contributed by atoms with E-state index in [1.165, 1.54) is 11.1 Å². The molecule has 0 amide bonds. The smallest absolute Gasteiger partial charge is 0.164 e. The van der Waals surface area contributed by atoms with Crippen molar-refractivity contribution in [3.63, 3.8) is 0 Å². The summed E-state index contributed by atoms with van der Waals surface area (Å²) in [4.78, 5) is 15.9. The third-order valence-electron chi connectivity index (χ3n) is 4.43. The summed E-state index contributed by atoms with van der Waals surface area (Å²) in [6, 6.07) is 14.3. The molecule has 0 unspecified atom stereocenters. The summed E-state index contributed by atoms with van der Waals surface area (Å²) in [7, 11) is 0. The Kier molecular flexibility index (Phi) is 4.10. The molecular formula is C19H19NO2S. The number of hydrogen-bond donors (Lipinski definition) is 0. The molecule has 4 heteroatoms. The van der Waals surface area contributed by atoms with Crippen molar-refractivity contribution in [3.8, 4) is 5.75 Å². The number of carbonyl (C=O) groups excluding carboxylic acids is 1. The van der Waals surface area contributed by atoms with Gasteiger partial charge in [0.05, 0.1) is 11.5 Å². The number of thioether (sulfide) groups is 1. The highest BCUT2D eigenvalue weighted by atomic mass is 32.2. The van der Waals surface area contributed by atoms with Crippen molar-refractivity contribution >= 4 is 17.5 Å². The van der Waals surface area contributed by atoms with Gasteiger partial charge in [0.1, 0.15) is 5.75 Å². The molecule has 0 bridgehead atoms. The Morgan fingerprint density at radius 2 is 1.91 bits per heavy atom. The van der Waals surface area contributed by atoms with E-state index in [-0.39, 0.29) is 5.78 Å². The normalized spacial score (nSPS) is 16.5. The predicted molar refractivity (Wildman–Crippen MR) is 92.2 cm³/mol.